The maximum atomic E-state index is 5.75. The van der Waals surface area contributed by atoms with Crippen molar-refractivity contribution in [1.29, 1.82) is 0 Å². The van der Waals surface area contributed by atoms with Crippen molar-refractivity contribution in [2.75, 3.05) is 0 Å². The highest BCUT2D eigenvalue weighted by molar-refractivity contribution is 5.64. The molecule has 1 aliphatic carbocycles. The van der Waals surface area contributed by atoms with Gasteiger partial charge in [-0.05, 0) is 41.0 Å². The van der Waals surface area contributed by atoms with Crippen LogP contribution >= 0.6 is 0 Å². The highest BCUT2D eigenvalue weighted by Crippen LogP contribution is 2.42. The molecular weight excluding hydrogens is 354 g/mol. The van der Waals surface area contributed by atoms with Crippen LogP contribution in [0, 0.1) is 0 Å². The molecule has 0 aliphatic heterocycles. The van der Waals surface area contributed by atoms with Gasteiger partial charge >= 0.3 is 0 Å². The molecule has 1 atom stereocenters. The van der Waals surface area contributed by atoms with E-state index in [0.717, 1.165) is 24.0 Å². The van der Waals surface area contributed by atoms with Crippen LogP contribution in [-0.4, -0.2) is 0 Å². The molecule has 2 N–H and O–H groups in total. The second-order valence-electron chi connectivity index (χ2n) is 8.08. The van der Waals surface area contributed by atoms with Gasteiger partial charge in [0.05, 0.1) is 0 Å². The predicted molar refractivity (Wildman–Crippen MR) is 126 cm³/mol. The van der Waals surface area contributed by atoms with E-state index in [1.165, 1.54) is 16.7 Å². The molecule has 0 radical (unpaired) electrons. The summed E-state index contributed by atoms with van der Waals surface area (Å²) in [7, 11) is 0. The molecule has 154 valence electrons. The van der Waals surface area contributed by atoms with E-state index in [9.17, 15) is 0 Å². The number of hydrogen-bond acceptors (Lipinski definition) is 2. The molecule has 0 bridgehead atoms. The first-order chi connectivity index (χ1) is 14.0. The van der Waals surface area contributed by atoms with Crippen molar-refractivity contribution in [1.82, 2.24) is 0 Å². The quantitative estimate of drug-likeness (QED) is 0.544. The summed E-state index contributed by atoms with van der Waals surface area (Å²) in [6.45, 7) is 14.6. The first kappa shape index (κ1) is 22.7. The molecule has 2 aromatic carbocycles. The number of rotatable bonds is 5. The van der Waals surface area contributed by atoms with Crippen molar-refractivity contribution < 1.29 is 4.84 Å². The molecule has 2 heteroatoms. The third-order valence-electron chi connectivity index (χ3n) is 5.15. The number of hydrogen-bond donors (Lipinski definition) is 1. The lowest BCUT2D eigenvalue weighted by molar-refractivity contribution is 0.329. The third kappa shape index (κ3) is 5.27. The van der Waals surface area contributed by atoms with Crippen molar-refractivity contribution in [3.05, 3.63) is 95.1 Å². The van der Waals surface area contributed by atoms with Crippen LogP contribution in [0.3, 0.4) is 0 Å². The lowest BCUT2D eigenvalue weighted by Crippen LogP contribution is -2.16. The molecule has 0 fully saturated rings. The minimum atomic E-state index is 0.0116. The molecule has 0 saturated heterocycles. The summed E-state index contributed by atoms with van der Waals surface area (Å²) >= 11 is 0. The van der Waals surface area contributed by atoms with E-state index in [0.29, 0.717) is 5.75 Å². The van der Waals surface area contributed by atoms with E-state index in [1.54, 1.807) is 0 Å². The smallest absolute Gasteiger partial charge is 0.158 e. The molecule has 0 heterocycles. The topological polar surface area (TPSA) is 35.2 Å². The third-order valence-corrected chi connectivity index (χ3v) is 5.15. The van der Waals surface area contributed by atoms with Crippen molar-refractivity contribution in [3.63, 3.8) is 0 Å². The second-order valence-corrected chi connectivity index (χ2v) is 8.08. The Bertz CT molecular complexity index is 869. The Balaban J connectivity index is 0.00000145. The molecule has 0 aromatic heterocycles. The van der Waals surface area contributed by atoms with Crippen LogP contribution in [-0.2, 0) is 5.41 Å². The fourth-order valence-electron chi connectivity index (χ4n) is 3.65. The van der Waals surface area contributed by atoms with Gasteiger partial charge in [-0.2, -0.15) is 5.90 Å². The molecule has 1 unspecified atom stereocenters. The van der Waals surface area contributed by atoms with E-state index < -0.39 is 0 Å². The fourth-order valence-corrected chi connectivity index (χ4v) is 3.65. The summed E-state index contributed by atoms with van der Waals surface area (Å²) in [4.78, 5) is 5.41. The van der Waals surface area contributed by atoms with Crippen LogP contribution in [0.15, 0.2) is 72.8 Å². The number of nitrogens with two attached hydrogens (primary N) is 1. The Hall–Kier alpha value is -2.58. The summed E-state index contributed by atoms with van der Waals surface area (Å²) in [5.41, 5.74) is 5.79. The SMILES string of the molecule is C=Cc1cc(C(C)(C)C)cc(C(C2=CCCC=C2)c2ccccc2)c1ON.CC. The van der Waals surface area contributed by atoms with Gasteiger partial charge in [-0.25, -0.2) is 0 Å². The standard InChI is InChI=1S/C25H29NO.C2H6/c1-5-18-16-21(25(2,3)4)17-22(24(18)27-26)23(19-12-8-6-9-13-19)20-14-10-7-11-15-20;1-2/h5-6,8-10,12-17,23H,1,7,11,26H2,2-4H3;1-2H3. The van der Waals surface area contributed by atoms with Gasteiger partial charge in [0.2, 0.25) is 0 Å². The minimum Gasteiger partial charge on any atom is -0.411 e. The normalized spacial score (nSPS) is 14.3. The molecule has 3 rings (SSSR count). The zero-order valence-electron chi connectivity index (χ0n) is 18.5. The van der Waals surface area contributed by atoms with Crippen molar-refractivity contribution in [2.45, 2.75) is 58.8 Å². The fraction of sp³-hybridized carbons (Fsp3) is 0.333. The van der Waals surface area contributed by atoms with E-state index in [2.05, 4.69) is 82.0 Å². The number of benzene rings is 2. The van der Waals surface area contributed by atoms with Crippen LogP contribution in [0.25, 0.3) is 6.08 Å². The van der Waals surface area contributed by atoms with Gasteiger partial charge in [-0.3, -0.25) is 0 Å². The molecule has 0 spiro atoms. The predicted octanol–water partition coefficient (Wildman–Crippen LogP) is 7.31. The van der Waals surface area contributed by atoms with Crippen LogP contribution in [0.2, 0.25) is 0 Å². The zero-order valence-corrected chi connectivity index (χ0v) is 18.5. The average molecular weight is 390 g/mol. The maximum absolute atomic E-state index is 5.75. The summed E-state index contributed by atoms with van der Waals surface area (Å²) in [5, 5.41) is 0. The van der Waals surface area contributed by atoms with Crippen LogP contribution in [0.4, 0.5) is 0 Å². The molecular formula is C27H35NO. The molecule has 29 heavy (non-hydrogen) atoms. The second kappa shape index (κ2) is 10.3. The largest absolute Gasteiger partial charge is 0.411 e. The van der Waals surface area contributed by atoms with Crippen molar-refractivity contribution >= 4 is 6.08 Å². The van der Waals surface area contributed by atoms with Gasteiger partial charge in [0.15, 0.2) is 5.75 Å². The summed E-state index contributed by atoms with van der Waals surface area (Å²) in [5.74, 6) is 6.52. The Morgan fingerprint density at radius 1 is 1.07 bits per heavy atom. The van der Waals surface area contributed by atoms with Crippen LogP contribution in [0.1, 0.15) is 75.6 Å². The van der Waals surface area contributed by atoms with Gasteiger partial charge in [-0.1, -0.05) is 102 Å². The first-order valence-corrected chi connectivity index (χ1v) is 10.5. The Morgan fingerprint density at radius 2 is 1.76 bits per heavy atom. The molecule has 2 aromatic rings. The summed E-state index contributed by atoms with van der Waals surface area (Å²) in [6.07, 6.45) is 10.8. The van der Waals surface area contributed by atoms with Crippen LogP contribution in [0.5, 0.6) is 5.75 Å². The van der Waals surface area contributed by atoms with Gasteiger partial charge in [0.25, 0.3) is 0 Å². The van der Waals surface area contributed by atoms with E-state index in [1.807, 2.05) is 26.0 Å². The van der Waals surface area contributed by atoms with Gasteiger partial charge < -0.3 is 4.84 Å². The Kier molecular flexibility index (Phi) is 8.04. The monoisotopic (exact) mass is 389 g/mol. The van der Waals surface area contributed by atoms with Crippen molar-refractivity contribution in [3.8, 4) is 5.75 Å². The lowest BCUT2D eigenvalue weighted by atomic mass is 9.78. The molecule has 0 amide bonds. The maximum Gasteiger partial charge on any atom is 0.158 e. The molecule has 0 saturated carbocycles. The Labute approximate surface area is 176 Å². The van der Waals surface area contributed by atoms with Gasteiger partial charge in [-0.15, -0.1) is 0 Å². The van der Waals surface area contributed by atoms with Crippen LogP contribution < -0.4 is 10.7 Å². The minimum absolute atomic E-state index is 0.0116. The first-order valence-electron chi connectivity index (χ1n) is 10.5. The Morgan fingerprint density at radius 3 is 2.28 bits per heavy atom. The molecule has 1 aliphatic rings. The van der Waals surface area contributed by atoms with Crippen molar-refractivity contribution in [2.24, 2.45) is 5.90 Å². The molecule has 2 nitrogen and oxygen atoms in total. The van der Waals surface area contributed by atoms with Gasteiger partial charge in [0, 0.05) is 17.0 Å². The average Bonchev–Trinajstić information content (AvgIpc) is 2.75. The van der Waals surface area contributed by atoms with Gasteiger partial charge in [0.1, 0.15) is 0 Å². The zero-order chi connectivity index (χ0) is 21.4. The summed E-state index contributed by atoms with van der Waals surface area (Å²) < 4.78 is 0. The van der Waals surface area contributed by atoms with E-state index in [4.69, 9.17) is 10.7 Å². The number of allylic oxidation sites excluding steroid dienone is 4. The lowest BCUT2D eigenvalue weighted by Gasteiger charge is -2.27. The van der Waals surface area contributed by atoms with E-state index >= 15 is 0 Å². The highest BCUT2D eigenvalue weighted by atomic mass is 16.6. The summed E-state index contributed by atoms with van der Waals surface area (Å²) in [6, 6.07) is 14.9. The highest BCUT2D eigenvalue weighted by Gasteiger charge is 2.26. The van der Waals surface area contributed by atoms with E-state index in [-0.39, 0.29) is 11.3 Å².